The van der Waals surface area contributed by atoms with Gasteiger partial charge in [0.2, 0.25) is 12.2 Å². The summed E-state index contributed by atoms with van der Waals surface area (Å²) in [5.74, 6) is 0.139. The molecule has 0 bridgehead atoms. The Hall–Kier alpha value is -1.85. The number of nitrogens with zero attached hydrogens (tertiary/aromatic N) is 3. The van der Waals surface area contributed by atoms with Gasteiger partial charge in [-0.25, -0.2) is 0 Å². The summed E-state index contributed by atoms with van der Waals surface area (Å²) in [6.45, 7) is 4.01. The molecule has 0 atom stereocenters. The van der Waals surface area contributed by atoms with E-state index in [0.29, 0.717) is 31.9 Å². The van der Waals surface area contributed by atoms with E-state index in [2.05, 4.69) is 5.16 Å². The normalized spacial score (nSPS) is 16.3. The van der Waals surface area contributed by atoms with E-state index < -0.39 is 0 Å². The number of amides is 2. The van der Waals surface area contributed by atoms with Crippen molar-refractivity contribution in [3.05, 3.63) is 17.5 Å². The average Bonchev–Trinajstić information content (AvgIpc) is 2.75. The van der Waals surface area contributed by atoms with E-state index in [1.807, 2.05) is 0 Å². The van der Waals surface area contributed by atoms with Gasteiger partial charge in [-0.2, -0.15) is 0 Å². The van der Waals surface area contributed by atoms with Gasteiger partial charge in [-0.1, -0.05) is 5.16 Å². The predicted molar refractivity (Wildman–Crippen MR) is 54.8 cm³/mol. The zero-order valence-corrected chi connectivity index (χ0v) is 9.05. The molecular weight excluding hydrogens is 210 g/mol. The van der Waals surface area contributed by atoms with Crippen LogP contribution in [0.5, 0.6) is 0 Å². The van der Waals surface area contributed by atoms with Gasteiger partial charge in [-0.3, -0.25) is 9.59 Å². The van der Waals surface area contributed by atoms with Crippen LogP contribution in [0.4, 0.5) is 0 Å². The fourth-order valence-electron chi connectivity index (χ4n) is 1.67. The predicted octanol–water partition coefficient (Wildman–Crippen LogP) is -0.103. The molecule has 0 saturated carbocycles. The molecular formula is C10H13N3O3. The Labute approximate surface area is 92.8 Å². The van der Waals surface area contributed by atoms with Crippen LogP contribution in [0.25, 0.3) is 0 Å². The topological polar surface area (TPSA) is 66.7 Å². The van der Waals surface area contributed by atoms with Crippen molar-refractivity contribution in [1.29, 1.82) is 0 Å². The van der Waals surface area contributed by atoms with E-state index in [1.165, 1.54) is 6.20 Å². The number of aryl methyl sites for hydroxylation is 1. The number of aromatic nitrogens is 1. The van der Waals surface area contributed by atoms with Crippen molar-refractivity contribution in [3.63, 3.8) is 0 Å². The second-order valence-corrected chi connectivity index (χ2v) is 3.77. The molecule has 16 heavy (non-hydrogen) atoms. The van der Waals surface area contributed by atoms with Crippen molar-refractivity contribution in [2.45, 2.75) is 6.92 Å². The molecule has 1 aromatic heterocycles. The number of rotatable bonds is 2. The zero-order chi connectivity index (χ0) is 11.5. The Morgan fingerprint density at radius 3 is 2.62 bits per heavy atom. The molecule has 1 fully saturated rings. The molecule has 0 spiro atoms. The Morgan fingerprint density at radius 2 is 2.12 bits per heavy atom. The highest BCUT2D eigenvalue weighted by molar-refractivity contribution is 5.92. The number of carbonyl (C=O) groups is 2. The number of hydrogen-bond donors (Lipinski definition) is 0. The minimum atomic E-state index is -0.152. The lowest BCUT2D eigenvalue weighted by molar-refractivity contribution is -0.119. The highest BCUT2D eigenvalue weighted by Gasteiger charge is 2.24. The van der Waals surface area contributed by atoms with Crippen LogP contribution in [0.2, 0.25) is 0 Å². The van der Waals surface area contributed by atoms with Crippen LogP contribution in [0.15, 0.2) is 10.7 Å². The van der Waals surface area contributed by atoms with Crippen LogP contribution < -0.4 is 0 Å². The lowest BCUT2D eigenvalue weighted by atomic mass is 10.2. The Kier molecular flexibility index (Phi) is 2.89. The fraction of sp³-hybridized carbons (Fsp3) is 0.500. The number of hydrogen-bond acceptors (Lipinski definition) is 4. The SMILES string of the molecule is Cc1cnoc1C(=O)N1CCN(C=O)CC1. The second-order valence-electron chi connectivity index (χ2n) is 3.77. The van der Waals surface area contributed by atoms with Gasteiger partial charge in [0.1, 0.15) is 0 Å². The molecule has 6 nitrogen and oxygen atoms in total. The summed E-state index contributed by atoms with van der Waals surface area (Å²) in [5.41, 5.74) is 0.739. The Balaban J connectivity index is 2.02. The maximum Gasteiger partial charge on any atom is 0.292 e. The average molecular weight is 223 g/mol. The third kappa shape index (κ3) is 1.91. The summed E-state index contributed by atoms with van der Waals surface area (Å²) in [4.78, 5) is 25.8. The summed E-state index contributed by atoms with van der Waals surface area (Å²) < 4.78 is 4.91. The molecule has 0 aliphatic carbocycles. The zero-order valence-electron chi connectivity index (χ0n) is 9.05. The van der Waals surface area contributed by atoms with Crippen LogP contribution in [-0.4, -0.2) is 53.5 Å². The van der Waals surface area contributed by atoms with Gasteiger partial charge in [0.05, 0.1) is 6.20 Å². The lowest BCUT2D eigenvalue weighted by Gasteiger charge is -2.31. The van der Waals surface area contributed by atoms with Gasteiger partial charge in [0, 0.05) is 31.7 Å². The molecule has 1 aliphatic rings. The largest absolute Gasteiger partial charge is 0.351 e. The van der Waals surface area contributed by atoms with Crippen molar-refractivity contribution in [3.8, 4) is 0 Å². The Morgan fingerprint density at radius 1 is 1.44 bits per heavy atom. The molecule has 86 valence electrons. The van der Waals surface area contributed by atoms with Gasteiger partial charge in [-0.15, -0.1) is 0 Å². The first-order chi connectivity index (χ1) is 7.72. The highest BCUT2D eigenvalue weighted by atomic mass is 16.5. The fourth-order valence-corrected chi connectivity index (χ4v) is 1.67. The molecule has 2 amide bonds. The van der Waals surface area contributed by atoms with E-state index in [-0.39, 0.29) is 5.91 Å². The maximum absolute atomic E-state index is 12.0. The highest BCUT2D eigenvalue weighted by Crippen LogP contribution is 2.11. The maximum atomic E-state index is 12.0. The van der Waals surface area contributed by atoms with E-state index >= 15 is 0 Å². The molecule has 1 aromatic rings. The third-order valence-electron chi connectivity index (χ3n) is 2.69. The quantitative estimate of drug-likeness (QED) is 0.656. The summed E-state index contributed by atoms with van der Waals surface area (Å²) in [6.07, 6.45) is 2.33. The summed E-state index contributed by atoms with van der Waals surface area (Å²) >= 11 is 0. The van der Waals surface area contributed by atoms with Crippen molar-refractivity contribution >= 4 is 12.3 Å². The molecule has 1 aliphatic heterocycles. The van der Waals surface area contributed by atoms with Gasteiger partial charge >= 0.3 is 0 Å². The van der Waals surface area contributed by atoms with Crippen LogP contribution in [0, 0.1) is 6.92 Å². The summed E-state index contributed by atoms with van der Waals surface area (Å²) in [7, 11) is 0. The molecule has 0 N–H and O–H groups in total. The standard InChI is InChI=1S/C10H13N3O3/c1-8-6-11-16-9(8)10(15)13-4-2-12(7-14)3-5-13/h6-7H,2-5H2,1H3. The van der Waals surface area contributed by atoms with Gasteiger partial charge in [0.25, 0.3) is 5.91 Å². The van der Waals surface area contributed by atoms with E-state index in [9.17, 15) is 9.59 Å². The summed E-state index contributed by atoms with van der Waals surface area (Å²) in [5, 5.41) is 3.58. The van der Waals surface area contributed by atoms with E-state index in [0.717, 1.165) is 12.0 Å². The van der Waals surface area contributed by atoms with Crippen LogP contribution in [-0.2, 0) is 4.79 Å². The first kappa shape index (κ1) is 10.7. The lowest BCUT2D eigenvalue weighted by Crippen LogP contribution is -2.48. The molecule has 1 saturated heterocycles. The van der Waals surface area contributed by atoms with Crippen molar-refractivity contribution in [1.82, 2.24) is 15.0 Å². The van der Waals surface area contributed by atoms with Crippen molar-refractivity contribution in [2.24, 2.45) is 0 Å². The van der Waals surface area contributed by atoms with Crippen molar-refractivity contribution in [2.75, 3.05) is 26.2 Å². The summed E-state index contributed by atoms with van der Waals surface area (Å²) in [6, 6.07) is 0. The molecule has 0 aromatic carbocycles. The second kappa shape index (κ2) is 4.34. The van der Waals surface area contributed by atoms with Crippen LogP contribution >= 0.6 is 0 Å². The van der Waals surface area contributed by atoms with E-state index in [4.69, 9.17) is 4.52 Å². The first-order valence-electron chi connectivity index (χ1n) is 5.12. The van der Waals surface area contributed by atoms with Gasteiger partial charge in [0.15, 0.2) is 0 Å². The third-order valence-corrected chi connectivity index (χ3v) is 2.69. The molecule has 2 rings (SSSR count). The number of carbonyl (C=O) groups excluding carboxylic acids is 2. The minimum absolute atomic E-state index is 0.152. The van der Waals surface area contributed by atoms with Crippen LogP contribution in [0.1, 0.15) is 16.1 Å². The molecule has 0 radical (unpaired) electrons. The van der Waals surface area contributed by atoms with Crippen LogP contribution in [0.3, 0.4) is 0 Å². The molecule has 0 unspecified atom stereocenters. The van der Waals surface area contributed by atoms with Gasteiger partial charge < -0.3 is 14.3 Å². The minimum Gasteiger partial charge on any atom is -0.351 e. The monoisotopic (exact) mass is 223 g/mol. The van der Waals surface area contributed by atoms with Gasteiger partial charge in [-0.05, 0) is 6.92 Å². The Bertz CT molecular complexity index is 394. The molecule has 6 heteroatoms. The number of piperazine rings is 1. The van der Waals surface area contributed by atoms with E-state index in [1.54, 1.807) is 16.7 Å². The first-order valence-corrected chi connectivity index (χ1v) is 5.12. The molecule has 2 heterocycles. The smallest absolute Gasteiger partial charge is 0.292 e. The van der Waals surface area contributed by atoms with Crippen molar-refractivity contribution < 1.29 is 14.1 Å².